The van der Waals surface area contributed by atoms with E-state index in [4.69, 9.17) is 0 Å². The summed E-state index contributed by atoms with van der Waals surface area (Å²) < 4.78 is 0. The molecule has 0 aromatic heterocycles. The van der Waals surface area contributed by atoms with E-state index in [0.29, 0.717) is 0 Å². The van der Waals surface area contributed by atoms with Crippen LogP contribution in [0.15, 0.2) is 9.98 Å². The van der Waals surface area contributed by atoms with Gasteiger partial charge in [-0.05, 0) is 0 Å². The Morgan fingerprint density at radius 3 is 1.73 bits per heavy atom. The van der Waals surface area contributed by atoms with E-state index in [1.54, 1.807) is 14.1 Å². The second-order valence-electron chi connectivity index (χ2n) is 3.26. The number of hydrazine groups is 1. The van der Waals surface area contributed by atoms with Crippen LogP contribution in [0.2, 0.25) is 0 Å². The average molecular weight is 214 g/mol. The van der Waals surface area contributed by atoms with Gasteiger partial charge in [-0.2, -0.15) is 0 Å². The average Bonchev–Trinajstić information content (AvgIpc) is 2.19. The predicted octanol–water partition coefficient (Wildman–Crippen LogP) is -0.482. The quantitative estimate of drug-likeness (QED) is 0.336. The van der Waals surface area contributed by atoms with E-state index in [-0.39, 0.29) is 0 Å². The highest BCUT2D eigenvalue weighted by atomic mass is 15.7. The Hall–Kier alpha value is -1.46. The van der Waals surface area contributed by atoms with Gasteiger partial charge in [0.2, 0.25) is 11.9 Å². The molecule has 0 aromatic carbocycles. The molecule has 0 saturated carbocycles. The number of aliphatic imine (C=N–C) groups is 2. The smallest absolute Gasteiger partial charge is 0.214 e. The Kier molecular flexibility index (Phi) is 5.51. The molecule has 0 saturated heterocycles. The Morgan fingerprint density at radius 1 is 0.933 bits per heavy atom. The normalized spacial score (nSPS) is 12.5. The minimum atomic E-state index is 0.778. The van der Waals surface area contributed by atoms with Crippen LogP contribution in [0.5, 0.6) is 0 Å². The maximum atomic E-state index is 4.20. The SMILES string of the molecule is CN=C(NC)N(C)N(C)C(=NC)N(C)C. The topological polar surface area (TPSA) is 46.5 Å². The first-order valence-electron chi connectivity index (χ1n) is 4.75. The Morgan fingerprint density at radius 2 is 1.47 bits per heavy atom. The van der Waals surface area contributed by atoms with Gasteiger partial charge in [-0.1, -0.05) is 0 Å². The maximum Gasteiger partial charge on any atom is 0.214 e. The third-order valence-corrected chi connectivity index (χ3v) is 2.08. The van der Waals surface area contributed by atoms with E-state index >= 15 is 0 Å². The van der Waals surface area contributed by atoms with Gasteiger partial charge >= 0.3 is 0 Å². The van der Waals surface area contributed by atoms with Gasteiger partial charge in [0.15, 0.2) is 0 Å². The highest BCUT2D eigenvalue weighted by molar-refractivity contribution is 5.85. The van der Waals surface area contributed by atoms with Gasteiger partial charge in [0.05, 0.1) is 0 Å². The first kappa shape index (κ1) is 13.5. The van der Waals surface area contributed by atoms with Crippen LogP contribution in [0, 0.1) is 0 Å². The minimum Gasteiger partial charge on any atom is -0.358 e. The van der Waals surface area contributed by atoms with E-state index in [1.807, 2.05) is 50.2 Å². The van der Waals surface area contributed by atoms with Gasteiger partial charge in [-0.3, -0.25) is 20.0 Å². The summed E-state index contributed by atoms with van der Waals surface area (Å²) in [4.78, 5) is 10.3. The number of nitrogens with one attached hydrogen (secondary N) is 1. The monoisotopic (exact) mass is 214 g/mol. The van der Waals surface area contributed by atoms with E-state index in [9.17, 15) is 0 Å². The van der Waals surface area contributed by atoms with Gasteiger partial charge < -0.3 is 10.2 Å². The molecular formula is C9H22N6. The van der Waals surface area contributed by atoms with Crippen LogP contribution in [-0.4, -0.2) is 76.2 Å². The zero-order valence-electron chi connectivity index (χ0n) is 10.7. The summed E-state index contributed by atoms with van der Waals surface area (Å²) in [6, 6.07) is 0. The van der Waals surface area contributed by atoms with Crippen molar-refractivity contribution in [3.63, 3.8) is 0 Å². The number of guanidine groups is 2. The van der Waals surface area contributed by atoms with Crippen molar-refractivity contribution in [2.75, 3.05) is 49.3 Å². The molecule has 0 spiro atoms. The van der Waals surface area contributed by atoms with Crippen molar-refractivity contribution in [1.29, 1.82) is 0 Å². The first-order chi connectivity index (χ1) is 6.99. The summed E-state index contributed by atoms with van der Waals surface area (Å²) in [5.74, 6) is 1.63. The summed E-state index contributed by atoms with van der Waals surface area (Å²) in [5, 5.41) is 6.82. The van der Waals surface area contributed by atoms with E-state index in [1.165, 1.54) is 0 Å². The number of hydrogen-bond donors (Lipinski definition) is 1. The van der Waals surface area contributed by atoms with Crippen LogP contribution in [0.3, 0.4) is 0 Å². The molecule has 1 N–H and O–H groups in total. The van der Waals surface area contributed by atoms with Crippen LogP contribution in [0.1, 0.15) is 0 Å². The van der Waals surface area contributed by atoms with Gasteiger partial charge in [-0.25, -0.2) is 0 Å². The largest absolute Gasteiger partial charge is 0.358 e. The van der Waals surface area contributed by atoms with Crippen molar-refractivity contribution in [2.24, 2.45) is 9.98 Å². The molecule has 0 amide bonds. The molecule has 0 aliphatic rings. The fourth-order valence-corrected chi connectivity index (χ4v) is 1.33. The van der Waals surface area contributed by atoms with Crippen LogP contribution in [0.4, 0.5) is 0 Å². The summed E-state index contributed by atoms with van der Waals surface area (Å²) >= 11 is 0. The summed E-state index contributed by atoms with van der Waals surface area (Å²) in [6.45, 7) is 0. The number of nitrogens with zero attached hydrogens (tertiary/aromatic N) is 5. The fraction of sp³-hybridized carbons (Fsp3) is 0.778. The summed E-state index contributed by atoms with van der Waals surface area (Å²) in [5.41, 5.74) is 0. The number of hydrogen-bond acceptors (Lipinski definition) is 2. The van der Waals surface area contributed by atoms with Gasteiger partial charge in [0.1, 0.15) is 0 Å². The summed E-state index contributed by atoms with van der Waals surface area (Å²) in [7, 11) is 13.1. The van der Waals surface area contributed by atoms with Crippen LogP contribution < -0.4 is 5.32 Å². The molecule has 0 unspecified atom stereocenters. The Balaban J connectivity index is 4.77. The molecule has 6 nitrogen and oxygen atoms in total. The van der Waals surface area contributed by atoms with Crippen molar-refractivity contribution in [1.82, 2.24) is 20.2 Å². The lowest BCUT2D eigenvalue weighted by atomic mass is 10.7. The van der Waals surface area contributed by atoms with E-state index < -0.39 is 0 Å². The van der Waals surface area contributed by atoms with Gasteiger partial charge in [0, 0.05) is 49.3 Å². The third kappa shape index (κ3) is 3.30. The zero-order valence-corrected chi connectivity index (χ0v) is 10.7. The van der Waals surface area contributed by atoms with Gasteiger partial charge in [-0.15, -0.1) is 0 Å². The highest BCUT2D eigenvalue weighted by Gasteiger charge is 2.15. The molecule has 0 aliphatic carbocycles. The van der Waals surface area contributed by atoms with Crippen molar-refractivity contribution in [3.05, 3.63) is 0 Å². The van der Waals surface area contributed by atoms with Crippen molar-refractivity contribution in [3.8, 4) is 0 Å². The minimum absolute atomic E-state index is 0.778. The van der Waals surface area contributed by atoms with Crippen LogP contribution >= 0.6 is 0 Å². The lowest BCUT2D eigenvalue weighted by Gasteiger charge is -2.34. The molecule has 0 bridgehead atoms. The fourth-order valence-electron chi connectivity index (χ4n) is 1.33. The standard InChI is InChI=1S/C9H22N6/c1-10-8(11-2)14(6)15(7)9(12-3)13(4)5/h1-7H3,(H,10,11). The maximum absolute atomic E-state index is 4.20. The number of rotatable bonds is 0. The third-order valence-electron chi connectivity index (χ3n) is 2.08. The lowest BCUT2D eigenvalue weighted by molar-refractivity contribution is 0.179. The van der Waals surface area contributed by atoms with Crippen LogP contribution in [0.25, 0.3) is 0 Å². The predicted molar refractivity (Wildman–Crippen MR) is 65.0 cm³/mol. The van der Waals surface area contributed by atoms with E-state index in [0.717, 1.165) is 11.9 Å². The van der Waals surface area contributed by atoms with Crippen molar-refractivity contribution >= 4 is 11.9 Å². The highest BCUT2D eigenvalue weighted by Crippen LogP contribution is 1.96. The van der Waals surface area contributed by atoms with E-state index in [2.05, 4.69) is 15.3 Å². The summed E-state index contributed by atoms with van der Waals surface area (Å²) in [6.07, 6.45) is 0. The molecule has 6 heteroatoms. The molecule has 15 heavy (non-hydrogen) atoms. The molecule has 0 radical (unpaired) electrons. The van der Waals surface area contributed by atoms with Crippen molar-refractivity contribution in [2.45, 2.75) is 0 Å². The molecule has 0 fully saturated rings. The van der Waals surface area contributed by atoms with Crippen molar-refractivity contribution < 1.29 is 0 Å². The van der Waals surface area contributed by atoms with Crippen LogP contribution in [-0.2, 0) is 0 Å². The first-order valence-corrected chi connectivity index (χ1v) is 4.75. The molecule has 0 atom stereocenters. The van der Waals surface area contributed by atoms with Gasteiger partial charge in [0.25, 0.3) is 0 Å². The molecule has 0 aromatic rings. The second kappa shape index (κ2) is 6.10. The molecule has 88 valence electrons. The molecule has 0 heterocycles. The lowest BCUT2D eigenvalue weighted by Crippen LogP contribution is -2.52. The molecule has 0 aliphatic heterocycles. The second-order valence-corrected chi connectivity index (χ2v) is 3.26. The Bertz CT molecular complexity index is 245. The molecule has 0 rings (SSSR count). The molecular weight excluding hydrogens is 192 g/mol. The Labute approximate surface area is 92.2 Å². The zero-order chi connectivity index (χ0) is 12.0.